The van der Waals surface area contributed by atoms with Crippen molar-refractivity contribution < 1.29 is 23.6 Å². The highest BCUT2D eigenvalue weighted by atomic mass is 31.2. The van der Waals surface area contributed by atoms with E-state index in [2.05, 4.69) is 88.3 Å². The van der Waals surface area contributed by atoms with E-state index < -0.39 is 7.94 Å². The fourth-order valence-corrected chi connectivity index (χ4v) is 5.84. The monoisotopic (exact) mass is 569 g/mol. The van der Waals surface area contributed by atoms with Crippen LogP contribution in [-0.4, -0.2) is 19.4 Å². The van der Waals surface area contributed by atoms with Crippen LogP contribution in [0.25, 0.3) is 0 Å². The normalized spacial score (nSPS) is 15.7. The van der Waals surface area contributed by atoms with Gasteiger partial charge in [0.05, 0.1) is 13.2 Å². The zero-order valence-corrected chi connectivity index (χ0v) is 28.5. The predicted molar refractivity (Wildman–Crippen MR) is 167 cm³/mol. The Morgan fingerprint density at radius 2 is 1.21 bits per heavy atom. The minimum atomic E-state index is -3.01. The van der Waals surface area contributed by atoms with Gasteiger partial charge in [-0.3, -0.25) is 4.52 Å². The molecule has 0 N–H and O–H groups in total. The summed E-state index contributed by atoms with van der Waals surface area (Å²) in [5.41, 5.74) is 3.39. The Balaban J connectivity index is 3.33. The van der Waals surface area contributed by atoms with Gasteiger partial charge in [0, 0.05) is 5.56 Å². The van der Waals surface area contributed by atoms with E-state index >= 15 is 0 Å². The molecule has 1 rings (SSSR count). The van der Waals surface area contributed by atoms with Gasteiger partial charge in [-0.25, -0.2) is 0 Å². The minimum absolute atomic E-state index is 0.0286. The topological polar surface area (TPSA) is 46.2 Å². The average Bonchev–Trinajstić information content (AvgIpc) is 2.87. The van der Waals surface area contributed by atoms with E-state index in [0.29, 0.717) is 31.2 Å². The van der Waals surface area contributed by atoms with Crippen molar-refractivity contribution in [3.8, 4) is 5.75 Å². The first-order chi connectivity index (χ1) is 18.3. The van der Waals surface area contributed by atoms with E-state index in [1.54, 1.807) is 0 Å². The van der Waals surface area contributed by atoms with Gasteiger partial charge in [0.1, 0.15) is 0 Å². The Morgan fingerprint density at radius 1 is 0.718 bits per heavy atom. The maximum Gasteiger partial charge on any atom is 0.526 e. The second-order valence-corrected chi connectivity index (χ2v) is 15.6. The van der Waals surface area contributed by atoms with E-state index in [0.717, 1.165) is 42.6 Å². The zero-order valence-electron chi connectivity index (χ0n) is 27.6. The molecule has 228 valence electrons. The molecule has 0 heterocycles. The summed E-state index contributed by atoms with van der Waals surface area (Å²) in [5.74, 6) is 1.70. The molecule has 1 aromatic carbocycles. The zero-order chi connectivity index (χ0) is 29.7. The molecule has 2 unspecified atom stereocenters. The largest absolute Gasteiger partial charge is 0.526 e. The first-order valence-corrected chi connectivity index (χ1v) is 17.3. The fourth-order valence-electron chi connectivity index (χ4n) is 4.45. The molecule has 0 saturated heterocycles. The second-order valence-electron chi connectivity index (χ2n) is 13.2. The Bertz CT molecular complexity index is 790. The van der Waals surface area contributed by atoms with Crippen LogP contribution in [0.5, 0.6) is 5.75 Å². The van der Waals surface area contributed by atoms with Crippen LogP contribution in [0.1, 0.15) is 144 Å². The van der Waals surface area contributed by atoms with E-state index in [1.807, 2.05) is 6.92 Å². The predicted octanol–water partition coefficient (Wildman–Crippen LogP) is 11.1. The maximum atomic E-state index is 6.82. The van der Waals surface area contributed by atoms with E-state index in [9.17, 15) is 0 Å². The highest BCUT2D eigenvalue weighted by Crippen LogP contribution is 2.63. The molecule has 0 saturated carbocycles. The van der Waals surface area contributed by atoms with Gasteiger partial charge >= 0.3 is 7.94 Å². The van der Waals surface area contributed by atoms with Crippen molar-refractivity contribution in [2.45, 2.75) is 145 Å². The molecule has 0 bridgehead atoms. The van der Waals surface area contributed by atoms with Crippen LogP contribution in [0.15, 0.2) is 12.1 Å². The lowest BCUT2D eigenvalue weighted by atomic mass is 9.79. The van der Waals surface area contributed by atoms with Crippen molar-refractivity contribution in [1.29, 1.82) is 0 Å². The van der Waals surface area contributed by atoms with Crippen LogP contribution < -0.4 is 4.52 Å². The van der Waals surface area contributed by atoms with Gasteiger partial charge in [-0.05, 0) is 69.8 Å². The third-order valence-electron chi connectivity index (χ3n) is 7.59. The molecule has 0 aliphatic rings. The van der Waals surface area contributed by atoms with Gasteiger partial charge in [0.25, 0.3) is 0 Å². The lowest BCUT2D eigenvalue weighted by molar-refractivity contribution is -0.281. The number of hydrogen-bond donors (Lipinski definition) is 0. The van der Waals surface area contributed by atoms with Gasteiger partial charge < -0.3 is 0 Å². The summed E-state index contributed by atoms with van der Waals surface area (Å²) < 4.78 is 19.1. The maximum absolute atomic E-state index is 6.82. The molecule has 0 aliphatic heterocycles. The molecule has 1 aromatic rings. The number of unbranched alkanes of at least 4 members (excludes halogenated alkanes) is 2. The third-order valence-corrected chi connectivity index (χ3v) is 9.49. The number of benzene rings is 1. The summed E-state index contributed by atoms with van der Waals surface area (Å²) in [5, 5.41) is 0. The first-order valence-electron chi connectivity index (χ1n) is 15.6. The number of hydrogen-bond acceptors (Lipinski definition) is 5. The van der Waals surface area contributed by atoms with Gasteiger partial charge in [0.15, 0.2) is 11.9 Å². The fraction of sp³-hybridized carbons (Fsp3) is 0.818. The number of rotatable bonds is 19. The van der Waals surface area contributed by atoms with Crippen LogP contribution in [0, 0.1) is 18.8 Å². The third kappa shape index (κ3) is 12.4. The molecule has 0 aromatic heterocycles. The van der Waals surface area contributed by atoms with Crippen LogP contribution in [0.3, 0.4) is 0 Å². The first kappa shape index (κ1) is 36.3. The van der Waals surface area contributed by atoms with Gasteiger partial charge in [-0.15, -0.1) is 0 Å². The van der Waals surface area contributed by atoms with Crippen LogP contribution in [0.4, 0.5) is 0 Å². The lowest BCUT2D eigenvalue weighted by Gasteiger charge is -2.29. The van der Waals surface area contributed by atoms with Gasteiger partial charge in [-0.2, -0.15) is 9.78 Å². The van der Waals surface area contributed by atoms with Crippen LogP contribution in [-0.2, 0) is 30.0 Å². The van der Waals surface area contributed by atoms with Crippen molar-refractivity contribution in [3.05, 3.63) is 28.8 Å². The van der Waals surface area contributed by atoms with Crippen LogP contribution in [0.2, 0.25) is 0 Å². The molecule has 0 fully saturated rings. The quantitative estimate of drug-likeness (QED) is 0.0942. The Morgan fingerprint density at radius 3 is 1.56 bits per heavy atom. The van der Waals surface area contributed by atoms with E-state index in [4.69, 9.17) is 23.6 Å². The molecular weight excluding hydrogens is 507 g/mol. The summed E-state index contributed by atoms with van der Waals surface area (Å²) in [7, 11) is -3.01. The van der Waals surface area contributed by atoms with Gasteiger partial charge in [-0.1, -0.05) is 120 Å². The molecular formula is C33H62O5P+. The summed E-state index contributed by atoms with van der Waals surface area (Å²) in [6, 6.07) is 4.51. The standard InChI is InChI=1S/C33H62O5P/c1-13-18-20-27(15-3)24-34-37-39(17-5,38-35-25-28(16-4)21-19-14-2)36-31-26(6)22-29(32(7,8)9)23-30(31)33(10,11)12/h22-23,27-28H,13-21,24-25H2,1-12H3/q+1. The molecule has 5 nitrogen and oxygen atoms in total. The van der Waals surface area contributed by atoms with Crippen molar-refractivity contribution in [1.82, 2.24) is 0 Å². The highest BCUT2D eigenvalue weighted by Gasteiger charge is 2.51. The molecule has 0 amide bonds. The summed E-state index contributed by atoms with van der Waals surface area (Å²) >= 11 is 0. The Hall–Kier alpha value is -0.710. The van der Waals surface area contributed by atoms with Crippen molar-refractivity contribution in [3.63, 3.8) is 0 Å². The SMILES string of the molecule is CCCCC(CC)COO[P+](CC)(OOCC(CC)CCCC)Oc1c(C)cc(C(C)(C)C)cc1C(C)(C)C. The van der Waals surface area contributed by atoms with Crippen molar-refractivity contribution >= 4 is 7.94 Å². The summed E-state index contributed by atoms with van der Waals surface area (Å²) in [6.07, 6.45) is 9.61. The van der Waals surface area contributed by atoms with Crippen molar-refractivity contribution in [2.24, 2.45) is 11.8 Å². The van der Waals surface area contributed by atoms with Gasteiger partial charge in [0.2, 0.25) is 0 Å². The molecule has 0 aliphatic carbocycles. The van der Waals surface area contributed by atoms with Crippen molar-refractivity contribution in [2.75, 3.05) is 19.4 Å². The van der Waals surface area contributed by atoms with E-state index in [-0.39, 0.29) is 10.8 Å². The van der Waals surface area contributed by atoms with E-state index in [1.165, 1.54) is 31.2 Å². The Kier molecular flexibility index (Phi) is 16.1. The molecule has 6 heteroatoms. The number of aryl methyl sites for hydroxylation is 1. The highest BCUT2D eigenvalue weighted by molar-refractivity contribution is 7.61. The second kappa shape index (κ2) is 17.3. The molecule has 2 atom stereocenters. The van der Waals surface area contributed by atoms with Crippen LogP contribution >= 0.6 is 7.94 Å². The average molecular weight is 570 g/mol. The summed E-state index contributed by atoms with van der Waals surface area (Å²) in [4.78, 5) is 11.8. The lowest BCUT2D eigenvalue weighted by Crippen LogP contribution is -2.22. The summed E-state index contributed by atoms with van der Waals surface area (Å²) in [6.45, 7) is 27.5. The minimum Gasteiger partial charge on any atom is -0.281 e. The molecule has 39 heavy (non-hydrogen) atoms. The molecule has 0 spiro atoms. The molecule has 0 radical (unpaired) electrons. The Labute approximate surface area is 242 Å². The smallest absolute Gasteiger partial charge is 0.281 e.